The van der Waals surface area contributed by atoms with Gasteiger partial charge >= 0.3 is 0 Å². The molecule has 1 fully saturated rings. The number of thioether (sulfide) groups is 2. The highest BCUT2D eigenvalue weighted by atomic mass is 32.2. The minimum Gasteiger partial charge on any atom is -0.188 e. The largest absolute Gasteiger partial charge is 0.214 e. The lowest BCUT2D eigenvalue weighted by atomic mass is 10.0. The third kappa shape index (κ3) is 6.73. The number of aromatic nitrogens is 8. The van der Waals surface area contributed by atoms with Crippen LogP contribution in [0.15, 0.2) is 71.0 Å². The van der Waals surface area contributed by atoms with E-state index in [2.05, 4.69) is 31.1 Å². The molecule has 0 radical (unpaired) electrons. The van der Waals surface area contributed by atoms with Crippen LogP contribution < -0.4 is 0 Å². The molecule has 2 aromatic carbocycles. The van der Waals surface area contributed by atoms with Crippen molar-refractivity contribution in [3.05, 3.63) is 60.7 Å². The first-order chi connectivity index (χ1) is 17.9. The van der Waals surface area contributed by atoms with Crippen LogP contribution in [0, 0.1) is 0 Å². The Hall–Kier alpha value is -2.72. The van der Waals surface area contributed by atoms with Gasteiger partial charge in [0.2, 0.25) is 10.3 Å². The van der Waals surface area contributed by atoms with E-state index in [1.54, 1.807) is 0 Å². The normalized spacial score (nSPS) is 19.9. The van der Waals surface area contributed by atoms with Crippen molar-refractivity contribution >= 4 is 23.5 Å². The maximum atomic E-state index is 4.37. The number of tetrazole rings is 2. The molecule has 1 saturated carbocycles. The first kappa shape index (κ1) is 25.0. The van der Waals surface area contributed by atoms with E-state index in [4.69, 9.17) is 0 Å². The van der Waals surface area contributed by atoms with Gasteiger partial charge in [-0.2, -0.15) is 9.36 Å². The first-order valence-corrected chi connectivity index (χ1v) is 14.6. The van der Waals surface area contributed by atoms with E-state index in [9.17, 15) is 0 Å². The van der Waals surface area contributed by atoms with E-state index < -0.39 is 0 Å². The molecule has 1 aliphatic carbocycles. The highest BCUT2D eigenvalue weighted by Crippen LogP contribution is 2.35. The van der Waals surface area contributed by atoms with Crippen molar-refractivity contribution in [2.75, 3.05) is 0 Å². The van der Waals surface area contributed by atoms with Gasteiger partial charge < -0.3 is 0 Å². The minimum atomic E-state index is 0.478. The average molecular weight is 521 g/mol. The second-order valence-corrected chi connectivity index (χ2v) is 11.7. The predicted octanol–water partition coefficient (Wildman–Crippen LogP) is 6.17. The molecule has 5 rings (SSSR count). The van der Waals surface area contributed by atoms with Crippen LogP contribution in [0.1, 0.15) is 64.2 Å². The van der Waals surface area contributed by atoms with Gasteiger partial charge in [-0.25, -0.2) is 0 Å². The molecule has 8 nitrogen and oxygen atoms in total. The van der Waals surface area contributed by atoms with Crippen LogP contribution in [0.25, 0.3) is 11.4 Å². The second-order valence-electron chi connectivity index (χ2n) is 9.17. The quantitative estimate of drug-likeness (QED) is 0.298. The predicted molar refractivity (Wildman–Crippen MR) is 144 cm³/mol. The van der Waals surface area contributed by atoms with Crippen molar-refractivity contribution in [3.63, 3.8) is 0 Å². The van der Waals surface area contributed by atoms with Crippen LogP contribution in [0.4, 0.5) is 0 Å². The molecule has 0 bridgehead atoms. The topological polar surface area (TPSA) is 87.2 Å². The Morgan fingerprint density at radius 2 is 0.944 bits per heavy atom. The molecule has 0 aliphatic heterocycles. The Bertz CT molecular complexity index is 1090. The molecule has 0 saturated heterocycles. The molecule has 2 heterocycles. The van der Waals surface area contributed by atoms with Gasteiger partial charge in [0, 0.05) is 10.5 Å². The fraction of sp³-hybridized carbons (Fsp3) is 0.462. The first-order valence-electron chi connectivity index (χ1n) is 12.9. The number of hydrogen-bond acceptors (Lipinski definition) is 8. The van der Waals surface area contributed by atoms with Crippen LogP contribution >= 0.6 is 23.5 Å². The SMILES string of the molecule is c1ccc(-n2nnnc2SC2CCCCCCCCC(Sc3nnnn3-c3ccccc3)CC2)cc1. The van der Waals surface area contributed by atoms with E-state index in [0.29, 0.717) is 10.5 Å². The summed E-state index contributed by atoms with van der Waals surface area (Å²) in [6.07, 6.45) is 12.4. The van der Waals surface area contributed by atoms with Crippen molar-refractivity contribution in [3.8, 4) is 11.4 Å². The Morgan fingerprint density at radius 3 is 1.39 bits per heavy atom. The molecule has 2 unspecified atom stereocenters. The highest BCUT2D eigenvalue weighted by molar-refractivity contribution is 8.00. The van der Waals surface area contributed by atoms with Gasteiger partial charge in [0.25, 0.3) is 0 Å². The van der Waals surface area contributed by atoms with Crippen LogP contribution in [-0.4, -0.2) is 50.9 Å². The summed E-state index contributed by atoms with van der Waals surface area (Å²) in [6.45, 7) is 0. The fourth-order valence-corrected chi connectivity index (χ4v) is 6.94. The molecule has 188 valence electrons. The summed E-state index contributed by atoms with van der Waals surface area (Å²) in [5.74, 6) is 0. The number of hydrogen-bond donors (Lipinski definition) is 0. The van der Waals surface area contributed by atoms with E-state index in [1.165, 1.54) is 51.4 Å². The maximum Gasteiger partial charge on any atom is 0.214 e. The third-order valence-electron chi connectivity index (χ3n) is 6.54. The molecule has 2 atom stereocenters. The number of rotatable bonds is 6. The van der Waals surface area contributed by atoms with Crippen molar-refractivity contribution < 1.29 is 0 Å². The molecular formula is C26H32N8S2. The Kier molecular flexibility index (Phi) is 9.01. The number of benzene rings is 2. The van der Waals surface area contributed by atoms with Gasteiger partial charge in [-0.05, 0) is 70.8 Å². The minimum absolute atomic E-state index is 0.478. The molecule has 10 heteroatoms. The van der Waals surface area contributed by atoms with Crippen LogP contribution in [0.3, 0.4) is 0 Å². The van der Waals surface area contributed by atoms with Crippen LogP contribution in [0.2, 0.25) is 0 Å². The summed E-state index contributed by atoms with van der Waals surface area (Å²) in [5.41, 5.74) is 2.00. The molecule has 2 aromatic heterocycles. The van der Waals surface area contributed by atoms with Gasteiger partial charge in [-0.1, -0.05) is 98.4 Å². The van der Waals surface area contributed by atoms with E-state index in [1.807, 2.05) is 93.6 Å². The zero-order chi connectivity index (χ0) is 24.4. The van der Waals surface area contributed by atoms with Crippen molar-refractivity contribution in [1.29, 1.82) is 0 Å². The Labute approximate surface area is 220 Å². The number of nitrogens with zero attached hydrogens (tertiary/aromatic N) is 8. The summed E-state index contributed by atoms with van der Waals surface area (Å²) in [5, 5.41) is 27.9. The summed E-state index contributed by atoms with van der Waals surface area (Å²) in [6, 6.07) is 20.3. The summed E-state index contributed by atoms with van der Waals surface area (Å²) < 4.78 is 3.72. The molecule has 0 N–H and O–H groups in total. The summed E-state index contributed by atoms with van der Waals surface area (Å²) in [4.78, 5) is 0. The van der Waals surface area contributed by atoms with Gasteiger partial charge in [0.15, 0.2) is 0 Å². The van der Waals surface area contributed by atoms with E-state index in [0.717, 1.165) is 34.5 Å². The lowest BCUT2D eigenvalue weighted by Gasteiger charge is -2.21. The summed E-state index contributed by atoms with van der Waals surface area (Å²) in [7, 11) is 0. The Balaban J connectivity index is 1.29. The Morgan fingerprint density at radius 1 is 0.528 bits per heavy atom. The molecule has 4 aromatic rings. The summed E-state index contributed by atoms with van der Waals surface area (Å²) >= 11 is 3.65. The monoisotopic (exact) mass is 520 g/mol. The average Bonchev–Trinajstić information content (AvgIpc) is 3.58. The molecule has 0 amide bonds. The smallest absolute Gasteiger partial charge is 0.188 e. The van der Waals surface area contributed by atoms with E-state index >= 15 is 0 Å². The number of para-hydroxylation sites is 2. The standard InChI is InChI=1S/C26H32N8S2/c1-2-4-12-18-24(36-26-28-30-32-34(26)22-15-9-6-10-16-22)20-19-23(17-11-3-1)35-25-27-29-31-33(25)21-13-7-5-8-14-21/h5-10,13-16,23-24H,1-4,11-12,17-20H2. The molecular weight excluding hydrogens is 488 g/mol. The van der Waals surface area contributed by atoms with Gasteiger partial charge in [0.05, 0.1) is 11.4 Å². The lowest BCUT2D eigenvalue weighted by molar-refractivity contribution is 0.514. The second kappa shape index (κ2) is 13.0. The van der Waals surface area contributed by atoms with Gasteiger partial charge in [0.1, 0.15) is 0 Å². The zero-order valence-corrected chi connectivity index (χ0v) is 22.0. The highest BCUT2D eigenvalue weighted by Gasteiger charge is 2.22. The molecule has 36 heavy (non-hydrogen) atoms. The van der Waals surface area contributed by atoms with Crippen molar-refractivity contribution in [1.82, 2.24) is 40.4 Å². The van der Waals surface area contributed by atoms with Crippen LogP contribution in [0.5, 0.6) is 0 Å². The van der Waals surface area contributed by atoms with E-state index in [-0.39, 0.29) is 0 Å². The molecule has 0 spiro atoms. The van der Waals surface area contributed by atoms with Gasteiger partial charge in [-0.3, -0.25) is 0 Å². The fourth-order valence-electron chi connectivity index (χ4n) is 4.61. The lowest BCUT2D eigenvalue weighted by Crippen LogP contribution is -2.12. The molecule has 1 aliphatic rings. The van der Waals surface area contributed by atoms with Crippen molar-refractivity contribution in [2.24, 2.45) is 0 Å². The zero-order valence-electron chi connectivity index (χ0n) is 20.4. The van der Waals surface area contributed by atoms with Crippen LogP contribution in [-0.2, 0) is 0 Å². The third-order valence-corrected chi connectivity index (χ3v) is 9.08. The van der Waals surface area contributed by atoms with Crippen molar-refractivity contribution in [2.45, 2.75) is 85.0 Å². The maximum absolute atomic E-state index is 4.37. The van der Waals surface area contributed by atoms with Gasteiger partial charge in [-0.15, -0.1) is 10.2 Å².